The van der Waals surface area contributed by atoms with Gasteiger partial charge in [0.05, 0.1) is 33.3 Å². The summed E-state index contributed by atoms with van der Waals surface area (Å²) in [5, 5.41) is 14.2. The molecule has 1 aliphatic heterocycles. The summed E-state index contributed by atoms with van der Waals surface area (Å²) in [5.41, 5.74) is 2.44. The Morgan fingerprint density at radius 1 is 1.21 bits per heavy atom. The van der Waals surface area contributed by atoms with Crippen LogP contribution in [0.25, 0.3) is 0 Å². The second-order valence-electron chi connectivity index (χ2n) is 6.20. The summed E-state index contributed by atoms with van der Waals surface area (Å²) >= 11 is 13.4. The van der Waals surface area contributed by atoms with Crippen molar-refractivity contribution in [1.29, 1.82) is 5.26 Å². The number of rotatable bonds is 6. The molecule has 7 heteroatoms. The molecule has 0 saturated carbocycles. The van der Waals surface area contributed by atoms with E-state index in [4.69, 9.17) is 27.9 Å². The van der Waals surface area contributed by atoms with Crippen LogP contribution >= 0.6 is 35.0 Å². The van der Waals surface area contributed by atoms with Crippen LogP contribution in [-0.2, 0) is 10.5 Å². The normalized spacial score (nSPS) is 16.5. The van der Waals surface area contributed by atoms with Crippen LogP contribution in [0, 0.1) is 11.3 Å². The van der Waals surface area contributed by atoms with Crippen LogP contribution in [0.3, 0.4) is 0 Å². The molecule has 0 spiro atoms. The lowest BCUT2D eigenvalue weighted by molar-refractivity contribution is -0.120. The molecule has 0 bridgehead atoms. The van der Waals surface area contributed by atoms with E-state index in [0.29, 0.717) is 33.0 Å². The lowest BCUT2D eigenvalue weighted by Gasteiger charge is -2.25. The van der Waals surface area contributed by atoms with Gasteiger partial charge in [-0.2, -0.15) is 5.26 Å². The van der Waals surface area contributed by atoms with Gasteiger partial charge in [-0.15, -0.1) is 11.8 Å². The average Bonchev–Trinajstić information content (AvgIpc) is 2.69. The predicted octanol–water partition coefficient (Wildman–Crippen LogP) is 5.66. The molecular formula is C21H18Cl2N2O2S. The van der Waals surface area contributed by atoms with Gasteiger partial charge in [0.25, 0.3) is 0 Å². The Morgan fingerprint density at radius 2 is 1.96 bits per heavy atom. The summed E-state index contributed by atoms with van der Waals surface area (Å²) in [6.45, 7) is 2.51. The number of benzene rings is 2. The number of thioether (sulfide) groups is 1. The van der Waals surface area contributed by atoms with Crippen LogP contribution < -0.4 is 10.1 Å². The molecule has 1 amide bonds. The van der Waals surface area contributed by atoms with Gasteiger partial charge in [0.15, 0.2) is 0 Å². The minimum Gasteiger partial charge on any atom is -0.494 e. The smallest absolute Gasteiger partial charge is 0.225 e. The standard InChI is InChI=1S/C21H18Cl2N2O2S/c1-2-27-15-6-4-14(5-7-15)16-10-20(26)25-21(17(16)11-24)28-12-13-3-8-18(22)19(23)9-13/h3-9,16H,2,10,12H2,1H3,(H,25,26)/t16-/m1/s1. The molecule has 2 aromatic rings. The first kappa shape index (κ1) is 20.6. The number of nitrogens with zero attached hydrogens (tertiary/aromatic N) is 1. The topological polar surface area (TPSA) is 62.1 Å². The number of halogens is 2. The van der Waals surface area contributed by atoms with Crippen molar-refractivity contribution in [1.82, 2.24) is 5.32 Å². The molecule has 1 N–H and O–H groups in total. The zero-order valence-electron chi connectivity index (χ0n) is 15.2. The zero-order chi connectivity index (χ0) is 20.1. The average molecular weight is 433 g/mol. The highest BCUT2D eigenvalue weighted by atomic mass is 35.5. The minimum absolute atomic E-state index is 0.102. The molecule has 3 rings (SSSR count). The van der Waals surface area contributed by atoms with E-state index < -0.39 is 0 Å². The Kier molecular flexibility index (Phi) is 6.90. The summed E-state index contributed by atoms with van der Waals surface area (Å²) in [6, 6.07) is 15.2. The third-order valence-corrected chi connectivity index (χ3v) is 6.14. The van der Waals surface area contributed by atoms with Crippen molar-refractivity contribution >= 4 is 40.9 Å². The Morgan fingerprint density at radius 3 is 2.61 bits per heavy atom. The van der Waals surface area contributed by atoms with Crippen molar-refractivity contribution in [2.24, 2.45) is 0 Å². The van der Waals surface area contributed by atoms with Gasteiger partial charge < -0.3 is 10.1 Å². The van der Waals surface area contributed by atoms with Crippen molar-refractivity contribution in [3.63, 3.8) is 0 Å². The summed E-state index contributed by atoms with van der Waals surface area (Å²) in [7, 11) is 0. The molecule has 1 heterocycles. The van der Waals surface area contributed by atoms with Gasteiger partial charge in [0.2, 0.25) is 5.91 Å². The molecule has 0 fully saturated rings. The van der Waals surface area contributed by atoms with Crippen molar-refractivity contribution in [2.45, 2.75) is 25.0 Å². The van der Waals surface area contributed by atoms with Gasteiger partial charge in [0, 0.05) is 18.1 Å². The summed E-state index contributed by atoms with van der Waals surface area (Å²) in [4.78, 5) is 12.3. The summed E-state index contributed by atoms with van der Waals surface area (Å²) < 4.78 is 5.47. The second-order valence-corrected chi connectivity index (χ2v) is 8.00. The largest absolute Gasteiger partial charge is 0.494 e. The first-order chi connectivity index (χ1) is 13.5. The van der Waals surface area contributed by atoms with Gasteiger partial charge >= 0.3 is 0 Å². The third kappa shape index (κ3) is 4.82. The number of hydrogen-bond acceptors (Lipinski definition) is 4. The van der Waals surface area contributed by atoms with Gasteiger partial charge in [-0.3, -0.25) is 4.79 Å². The number of amides is 1. The fourth-order valence-electron chi connectivity index (χ4n) is 2.97. The van der Waals surface area contributed by atoms with E-state index in [2.05, 4.69) is 11.4 Å². The maximum atomic E-state index is 12.3. The fraction of sp³-hybridized carbons (Fsp3) is 0.238. The molecule has 0 saturated heterocycles. The quantitative estimate of drug-likeness (QED) is 0.638. The third-order valence-electron chi connectivity index (χ3n) is 4.32. The number of carbonyl (C=O) groups is 1. The number of carbonyl (C=O) groups excluding carboxylic acids is 1. The van der Waals surface area contributed by atoms with Crippen LogP contribution in [0.4, 0.5) is 0 Å². The van der Waals surface area contributed by atoms with Crippen LogP contribution in [0.5, 0.6) is 5.75 Å². The predicted molar refractivity (Wildman–Crippen MR) is 114 cm³/mol. The molecule has 4 nitrogen and oxygen atoms in total. The molecule has 0 radical (unpaired) electrons. The zero-order valence-corrected chi connectivity index (χ0v) is 17.5. The molecule has 144 valence electrons. The van der Waals surface area contributed by atoms with Crippen LogP contribution in [-0.4, -0.2) is 12.5 Å². The first-order valence-corrected chi connectivity index (χ1v) is 10.5. The molecule has 0 aromatic heterocycles. The van der Waals surface area contributed by atoms with Gasteiger partial charge in [-0.25, -0.2) is 0 Å². The van der Waals surface area contributed by atoms with E-state index in [0.717, 1.165) is 16.9 Å². The molecule has 1 aliphatic rings. The Labute approximate surface area is 178 Å². The van der Waals surface area contributed by atoms with Crippen molar-refractivity contribution in [3.05, 3.63) is 74.2 Å². The molecule has 0 unspecified atom stereocenters. The van der Waals surface area contributed by atoms with E-state index >= 15 is 0 Å². The van der Waals surface area contributed by atoms with E-state index in [9.17, 15) is 10.1 Å². The van der Waals surface area contributed by atoms with Crippen molar-refractivity contribution in [3.8, 4) is 11.8 Å². The minimum atomic E-state index is -0.272. The van der Waals surface area contributed by atoms with E-state index in [-0.39, 0.29) is 18.2 Å². The first-order valence-electron chi connectivity index (χ1n) is 8.75. The maximum absolute atomic E-state index is 12.3. The van der Waals surface area contributed by atoms with Gasteiger partial charge in [-0.1, -0.05) is 41.4 Å². The lowest BCUT2D eigenvalue weighted by atomic mass is 9.87. The fourth-order valence-corrected chi connectivity index (χ4v) is 4.31. The van der Waals surface area contributed by atoms with Gasteiger partial charge in [0.1, 0.15) is 5.75 Å². The SMILES string of the molecule is CCOc1ccc([C@H]2CC(=O)NC(SCc3ccc(Cl)c(Cl)c3)=C2C#N)cc1. The summed E-state index contributed by atoms with van der Waals surface area (Å²) in [6.07, 6.45) is 0.244. The monoisotopic (exact) mass is 432 g/mol. The Bertz CT molecular complexity index is 952. The number of nitrogens with one attached hydrogen (secondary N) is 1. The van der Waals surface area contributed by atoms with Crippen molar-refractivity contribution in [2.75, 3.05) is 6.61 Å². The highest BCUT2D eigenvalue weighted by Gasteiger charge is 2.29. The van der Waals surface area contributed by atoms with Gasteiger partial charge in [-0.05, 0) is 42.3 Å². The molecular weight excluding hydrogens is 415 g/mol. The van der Waals surface area contributed by atoms with Crippen LogP contribution in [0.15, 0.2) is 53.1 Å². The second kappa shape index (κ2) is 9.38. The molecule has 2 aromatic carbocycles. The molecule has 0 aliphatic carbocycles. The maximum Gasteiger partial charge on any atom is 0.225 e. The highest BCUT2D eigenvalue weighted by molar-refractivity contribution is 8.02. The summed E-state index contributed by atoms with van der Waals surface area (Å²) in [5.74, 6) is 0.955. The van der Waals surface area contributed by atoms with Crippen molar-refractivity contribution < 1.29 is 9.53 Å². The molecule has 1 atom stereocenters. The highest BCUT2D eigenvalue weighted by Crippen LogP contribution is 2.37. The van der Waals surface area contributed by atoms with Crippen LogP contribution in [0.1, 0.15) is 30.4 Å². The Balaban J connectivity index is 1.84. The van der Waals surface area contributed by atoms with Crippen LogP contribution in [0.2, 0.25) is 10.0 Å². The van der Waals surface area contributed by atoms with E-state index in [1.165, 1.54) is 11.8 Å². The Hall–Kier alpha value is -2.13. The number of allylic oxidation sites excluding steroid dienone is 1. The number of ether oxygens (including phenoxy) is 1. The number of nitriles is 1. The lowest BCUT2D eigenvalue weighted by Crippen LogP contribution is -2.30. The molecule has 28 heavy (non-hydrogen) atoms. The van der Waals surface area contributed by atoms with E-state index in [1.807, 2.05) is 37.3 Å². The van der Waals surface area contributed by atoms with E-state index in [1.54, 1.807) is 12.1 Å². The number of hydrogen-bond donors (Lipinski definition) is 1.